The Morgan fingerprint density at radius 1 is 1.27 bits per heavy atom. The summed E-state index contributed by atoms with van der Waals surface area (Å²) in [5, 5.41) is 9.75. The highest BCUT2D eigenvalue weighted by molar-refractivity contribution is 5.50. The standard InChI is InChI=1S/C13H18O2/c1-13(2,15)10-12-7-4-3-6-11(12)8-5-9-14/h3-4,6-7,9,15H,5,8,10H2,1-2H3. The predicted molar refractivity (Wildman–Crippen MR) is 60.8 cm³/mol. The number of aldehydes is 1. The second-order valence-corrected chi connectivity index (χ2v) is 4.46. The maximum Gasteiger partial charge on any atom is 0.120 e. The molecule has 0 heterocycles. The van der Waals surface area contributed by atoms with Gasteiger partial charge in [-0.25, -0.2) is 0 Å². The van der Waals surface area contributed by atoms with Gasteiger partial charge in [0.15, 0.2) is 0 Å². The molecule has 1 aromatic carbocycles. The highest BCUT2D eigenvalue weighted by Gasteiger charge is 2.15. The van der Waals surface area contributed by atoms with E-state index in [0.717, 1.165) is 23.8 Å². The van der Waals surface area contributed by atoms with E-state index in [1.165, 1.54) is 0 Å². The number of aryl methyl sites for hydroxylation is 1. The predicted octanol–water partition coefficient (Wildman–Crippen LogP) is 2.13. The number of carbonyl (C=O) groups is 1. The highest BCUT2D eigenvalue weighted by atomic mass is 16.3. The minimum Gasteiger partial charge on any atom is -0.390 e. The van der Waals surface area contributed by atoms with Crippen molar-refractivity contribution in [2.75, 3.05) is 0 Å². The van der Waals surface area contributed by atoms with Crippen LogP contribution in [0.4, 0.5) is 0 Å². The molecule has 0 aliphatic heterocycles. The number of benzene rings is 1. The molecule has 2 heteroatoms. The van der Waals surface area contributed by atoms with Gasteiger partial charge in [-0.05, 0) is 31.4 Å². The summed E-state index contributed by atoms with van der Waals surface area (Å²) in [7, 11) is 0. The molecule has 0 amide bonds. The van der Waals surface area contributed by atoms with Crippen LogP contribution in [-0.4, -0.2) is 17.0 Å². The first kappa shape index (κ1) is 11.9. The fourth-order valence-electron chi connectivity index (χ4n) is 1.65. The number of carbonyl (C=O) groups excluding carboxylic acids is 1. The van der Waals surface area contributed by atoms with Crippen molar-refractivity contribution in [2.24, 2.45) is 0 Å². The van der Waals surface area contributed by atoms with Gasteiger partial charge < -0.3 is 9.90 Å². The summed E-state index contributed by atoms with van der Waals surface area (Å²) in [6, 6.07) is 7.96. The number of hydrogen-bond acceptors (Lipinski definition) is 2. The van der Waals surface area contributed by atoms with Gasteiger partial charge in [0.05, 0.1) is 5.60 Å². The molecule has 1 aromatic rings. The molecule has 0 aliphatic carbocycles. The fourth-order valence-corrected chi connectivity index (χ4v) is 1.65. The van der Waals surface area contributed by atoms with Gasteiger partial charge in [0, 0.05) is 12.8 Å². The Morgan fingerprint density at radius 3 is 2.40 bits per heavy atom. The molecule has 1 rings (SSSR count). The second-order valence-electron chi connectivity index (χ2n) is 4.46. The average molecular weight is 206 g/mol. The van der Waals surface area contributed by atoms with E-state index in [4.69, 9.17) is 0 Å². The van der Waals surface area contributed by atoms with Gasteiger partial charge in [0.1, 0.15) is 6.29 Å². The van der Waals surface area contributed by atoms with Crippen LogP contribution in [0.2, 0.25) is 0 Å². The Labute approximate surface area is 90.9 Å². The van der Waals surface area contributed by atoms with Crippen LogP contribution in [0.15, 0.2) is 24.3 Å². The number of hydrogen-bond donors (Lipinski definition) is 1. The van der Waals surface area contributed by atoms with Gasteiger partial charge >= 0.3 is 0 Å². The van der Waals surface area contributed by atoms with Crippen molar-refractivity contribution in [1.82, 2.24) is 0 Å². The summed E-state index contributed by atoms with van der Waals surface area (Å²) < 4.78 is 0. The minimum absolute atomic E-state index is 0.545. The Hall–Kier alpha value is -1.15. The van der Waals surface area contributed by atoms with E-state index < -0.39 is 5.60 Å². The van der Waals surface area contributed by atoms with Gasteiger partial charge in [0.2, 0.25) is 0 Å². The van der Waals surface area contributed by atoms with E-state index in [9.17, 15) is 9.90 Å². The Morgan fingerprint density at radius 2 is 1.87 bits per heavy atom. The molecule has 0 aliphatic rings. The van der Waals surface area contributed by atoms with E-state index in [1.54, 1.807) is 13.8 Å². The third-order valence-corrected chi connectivity index (χ3v) is 2.27. The van der Waals surface area contributed by atoms with Crippen molar-refractivity contribution >= 4 is 6.29 Å². The zero-order chi connectivity index (χ0) is 11.3. The first-order valence-electron chi connectivity index (χ1n) is 5.26. The van der Waals surface area contributed by atoms with Crippen LogP contribution < -0.4 is 0 Å². The zero-order valence-electron chi connectivity index (χ0n) is 9.36. The van der Waals surface area contributed by atoms with Crippen LogP contribution in [0.5, 0.6) is 0 Å². The lowest BCUT2D eigenvalue weighted by Gasteiger charge is -2.19. The van der Waals surface area contributed by atoms with E-state index in [-0.39, 0.29) is 0 Å². The summed E-state index contributed by atoms with van der Waals surface area (Å²) in [6.07, 6.45) is 2.86. The van der Waals surface area contributed by atoms with Crippen LogP contribution in [-0.2, 0) is 17.6 Å². The third-order valence-electron chi connectivity index (χ3n) is 2.27. The Kier molecular flexibility index (Phi) is 4.04. The topological polar surface area (TPSA) is 37.3 Å². The number of aliphatic hydroxyl groups is 1. The summed E-state index contributed by atoms with van der Waals surface area (Å²) >= 11 is 0. The molecule has 0 saturated carbocycles. The summed E-state index contributed by atoms with van der Waals surface area (Å²) in [6.45, 7) is 3.59. The maximum atomic E-state index is 10.3. The van der Waals surface area contributed by atoms with E-state index in [1.807, 2.05) is 24.3 Å². The molecular weight excluding hydrogens is 188 g/mol. The Bertz CT molecular complexity index is 324. The monoisotopic (exact) mass is 206 g/mol. The largest absolute Gasteiger partial charge is 0.390 e. The Balaban J connectivity index is 2.81. The second kappa shape index (κ2) is 5.08. The summed E-state index contributed by atoms with van der Waals surface area (Å²) in [5.74, 6) is 0. The smallest absolute Gasteiger partial charge is 0.120 e. The molecule has 0 saturated heterocycles. The van der Waals surface area contributed by atoms with Crippen LogP contribution in [0, 0.1) is 0 Å². The third kappa shape index (κ3) is 4.26. The summed E-state index contributed by atoms with van der Waals surface area (Å²) in [4.78, 5) is 10.3. The SMILES string of the molecule is CC(C)(O)Cc1ccccc1CCC=O. The molecule has 0 bridgehead atoms. The van der Waals surface area contributed by atoms with Crippen molar-refractivity contribution in [3.05, 3.63) is 35.4 Å². The van der Waals surface area contributed by atoms with E-state index >= 15 is 0 Å². The molecule has 15 heavy (non-hydrogen) atoms. The first-order valence-corrected chi connectivity index (χ1v) is 5.26. The molecule has 0 radical (unpaired) electrons. The molecule has 82 valence electrons. The van der Waals surface area contributed by atoms with Crippen molar-refractivity contribution in [3.63, 3.8) is 0 Å². The lowest BCUT2D eigenvalue weighted by atomic mass is 9.93. The summed E-state index contributed by atoms with van der Waals surface area (Å²) in [5.41, 5.74) is 1.59. The van der Waals surface area contributed by atoms with Crippen molar-refractivity contribution in [3.8, 4) is 0 Å². The normalized spacial score (nSPS) is 11.4. The molecule has 0 unspecified atom stereocenters. The molecular formula is C13H18O2. The van der Waals surface area contributed by atoms with Gasteiger partial charge in [0.25, 0.3) is 0 Å². The average Bonchev–Trinajstić information content (AvgIpc) is 2.14. The molecule has 2 nitrogen and oxygen atoms in total. The van der Waals surface area contributed by atoms with Crippen molar-refractivity contribution < 1.29 is 9.90 Å². The van der Waals surface area contributed by atoms with Gasteiger partial charge in [-0.3, -0.25) is 0 Å². The highest BCUT2D eigenvalue weighted by Crippen LogP contribution is 2.17. The van der Waals surface area contributed by atoms with Crippen LogP contribution >= 0.6 is 0 Å². The van der Waals surface area contributed by atoms with E-state index in [2.05, 4.69) is 0 Å². The van der Waals surface area contributed by atoms with Crippen LogP contribution in [0.25, 0.3) is 0 Å². The zero-order valence-corrected chi connectivity index (χ0v) is 9.36. The maximum absolute atomic E-state index is 10.3. The quantitative estimate of drug-likeness (QED) is 0.749. The van der Waals surface area contributed by atoms with Gasteiger partial charge in [-0.15, -0.1) is 0 Å². The molecule has 0 aromatic heterocycles. The molecule has 0 fully saturated rings. The lowest BCUT2D eigenvalue weighted by molar-refractivity contribution is -0.107. The van der Waals surface area contributed by atoms with Gasteiger partial charge in [-0.2, -0.15) is 0 Å². The van der Waals surface area contributed by atoms with Crippen molar-refractivity contribution in [2.45, 2.75) is 38.7 Å². The van der Waals surface area contributed by atoms with Crippen LogP contribution in [0.1, 0.15) is 31.4 Å². The lowest BCUT2D eigenvalue weighted by Crippen LogP contribution is -2.22. The fraction of sp³-hybridized carbons (Fsp3) is 0.462. The molecule has 1 N–H and O–H groups in total. The minimum atomic E-state index is -0.697. The van der Waals surface area contributed by atoms with Crippen LogP contribution in [0.3, 0.4) is 0 Å². The van der Waals surface area contributed by atoms with Gasteiger partial charge in [-0.1, -0.05) is 24.3 Å². The molecule has 0 atom stereocenters. The first-order chi connectivity index (χ1) is 7.03. The number of rotatable bonds is 5. The van der Waals surface area contributed by atoms with Crippen molar-refractivity contribution in [1.29, 1.82) is 0 Å². The van der Waals surface area contributed by atoms with E-state index in [0.29, 0.717) is 12.8 Å². The molecule has 0 spiro atoms.